The van der Waals surface area contributed by atoms with Crippen LogP contribution in [0, 0.1) is 6.92 Å². The van der Waals surface area contributed by atoms with Crippen LogP contribution >= 0.6 is 0 Å². The summed E-state index contributed by atoms with van der Waals surface area (Å²) in [6, 6.07) is 34.0. The van der Waals surface area contributed by atoms with Gasteiger partial charge in [0.1, 0.15) is 0 Å². The first-order valence-electron chi connectivity index (χ1n) is 12.6. The molecule has 0 saturated carbocycles. The second-order valence-corrected chi connectivity index (χ2v) is 9.13. The Hall–Kier alpha value is -4.11. The summed E-state index contributed by atoms with van der Waals surface area (Å²) in [5.41, 5.74) is 9.01. The van der Waals surface area contributed by atoms with Crippen LogP contribution in [-0.4, -0.2) is 11.1 Å². The van der Waals surface area contributed by atoms with E-state index in [2.05, 4.69) is 91.5 Å². The minimum absolute atomic E-state index is 0.846. The van der Waals surface area contributed by atoms with E-state index >= 15 is 0 Å². The first-order valence-corrected chi connectivity index (χ1v) is 12.6. The van der Waals surface area contributed by atoms with Gasteiger partial charge in [0.15, 0.2) is 0 Å². The van der Waals surface area contributed by atoms with E-state index in [1.54, 1.807) is 6.08 Å². The highest BCUT2D eigenvalue weighted by Gasteiger charge is 2.12. The van der Waals surface area contributed by atoms with E-state index in [0.717, 1.165) is 35.1 Å². The number of carbonyl (C=O) groups is 1. The molecule has 0 saturated heterocycles. The highest BCUT2D eigenvalue weighted by atomic mass is 16.4. The summed E-state index contributed by atoms with van der Waals surface area (Å²) in [5.74, 6) is -0.952. The molecule has 4 aromatic rings. The summed E-state index contributed by atoms with van der Waals surface area (Å²) in [5, 5.41) is 8.90. The van der Waals surface area contributed by atoms with Crippen molar-refractivity contribution >= 4 is 29.1 Å². The molecular formula is C33H33NO2. The number of carboxylic acids is 1. The van der Waals surface area contributed by atoms with Gasteiger partial charge in [-0.1, -0.05) is 86.0 Å². The minimum atomic E-state index is -0.952. The molecule has 4 rings (SSSR count). The number of rotatable bonds is 10. The molecule has 0 heterocycles. The Bertz CT molecular complexity index is 1290. The van der Waals surface area contributed by atoms with Gasteiger partial charge >= 0.3 is 5.97 Å². The average Bonchev–Trinajstić information content (AvgIpc) is 2.90. The van der Waals surface area contributed by atoms with Crippen molar-refractivity contribution in [3.8, 4) is 11.1 Å². The monoisotopic (exact) mass is 475 g/mol. The van der Waals surface area contributed by atoms with E-state index in [0.29, 0.717) is 0 Å². The van der Waals surface area contributed by atoms with Crippen LogP contribution < -0.4 is 4.90 Å². The minimum Gasteiger partial charge on any atom is -0.478 e. The lowest BCUT2D eigenvalue weighted by atomic mass is 10.0. The Kier molecular flexibility index (Phi) is 8.36. The number of unbranched alkanes of at least 4 members (excludes halogenated alkanes) is 2. The van der Waals surface area contributed by atoms with Gasteiger partial charge in [0.05, 0.1) is 0 Å². The van der Waals surface area contributed by atoms with Crippen molar-refractivity contribution in [3.05, 3.63) is 120 Å². The van der Waals surface area contributed by atoms with Crippen molar-refractivity contribution in [2.75, 3.05) is 4.90 Å². The van der Waals surface area contributed by atoms with Crippen molar-refractivity contribution in [1.29, 1.82) is 0 Å². The summed E-state index contributed by atoms with van der Waals surface area (Å²) in [6.45, 7) is 4.32. The van der Waals surface area contributed by atoms with Gasteiger partial charge in [0.2, 0.25) is 0 Å². The van der Waals surface area contributed by atoms with E-state index in [-0.39, 0.29) is 0 Å². The zero-order valence-electron chi connectivity index (χ0n) is 21.0. The van der Waals surface area contributed by atoms with Gasteiger partial charge in [-0.3, -0.25) is 0 Å². The summed E-state index contributed by atoms with van der Waals surface area (Å²) in [4.78, 5) is 13.1. The molecule has 1 N–H and O–H groups in total. The SMILES string of the molecule is CCCCCc1ccc(-c2ccc(N(c3ccc(C)cc3)c3ccc(/C=C/C(=O)O)cc3)cc2)cc1. The number of hydrogen-bond acceptors (Lipinski definition) is 2. The maximum atomic E-state index is 10.9. The van der Waals surface area contributed by atoms with Gasteiger partial charge in [-0.05, 0) is 84.5 Å². The Morgan fingerprint density at radius 1 is 0.722 bits per heavy atom. The smallest absolute Gasteiger partial charge is 0.328 e. The normalized spacial score (nSPS) is 11.1. The Labute approximate surface area is 214 Å². The molecule has 0 atom stereocenters. The topological polar surface area (TPSA) is 40.5 Å². The first kappa shape index (κ1) is 25.0. The van der Waals surface area contributed by atoms with E-state index in [4.69, 9.17) is 5.11 Å². The van der Waals surface area contributed by atoms with E-state index in [1.807, 2.05) is 24.3 Å². The number of benzene rings is 4. The fourth-order valence-corrected chi connectivity index (χ4v) is 4.29. The maximum absolute atomic E-state index is 10.9. The maximum Gasteiger partial charge on any atom is 0.328 e. The molecule has 182 valence electrons. The Morgan fingerprint density at radius 2 is 1.22 bits per heavy atom. The Morgan fingerprint density at radius 3 is 1.75 bits per heavy atom. The number of nitrogens with zero attached hydrogens (tertiary/aromatic N) is 1. The molecule has 0 aliphatic carbocycles. The molecule has 0 spiro atoms. The summed E-state index contributed by atoms with van der Waals surface area (Å²) >= 11 is 0. The molecule has 3 heteroatoms. The third-order valence-corrected chi connectivity index (χ3v) is 6.34. The van der Waals surface area contributed by atoms with Crippen LogP contribution in [0.2, 0.25) is 0 Å². The third-order valence-electron chi connectivity index (χ3n) is 6.34. The van der Waals surface area contributed by atoms with Crippen molar-refractivity contribution < 1.29 is 9.90 Å². The molecule has 0 aromatic heterocycles. The summed E-state index contributed by atoms with van der Waals surface area (Å²) < 4.78 is 0. The van der Waals surface area contributed by atoms with Crippen LogP contribution in [0.25, 0.3) is 17.2 Å². The van der Waals surface area contributed by atoms with Crippen LogP contribution in [0.1, 0.15) is 42.9 Å². The second-order valence-electron chi connectivity index (χ2n) is 9.13. The molecule has 36 heavy (non-hydrogen) atoms. The predicted molar refractivity (Wildman–Crippen MR) is 151 cm³/mol. The molecule has 0 aliphatic rings. The van der Waals surface area contributed by atoms with Crippen molar-refractivity contribution in [2.24, 2.45) is 0 Å². The fourth-order valence-electron chi connectivity index (χ4n) is 4.29. The molecule has 0 bridgehead atoms. The second kappa shape index (κ2) is 12.0. The lowest BCUT2D eigenvalue weighted by Crippen LogP contribution is -2.09. The molecule has 3 nitrogen and oxygen atoms in total. The van der Waals surface area contributed by atoms with Gasteiger partial charge in [0.25, 0.3) is 0 Å². The van der Waals surface area contributed by atoms with Crippen molar-refractivity contribution in [3.63, 3.8) is 0 Å². The van der Waals surface area contributed by atoms with Crippen LogP contribution in [0.5, 0.6) is 0 Å². The van der Waals surface area contributed by atoms with E-state index < -0.39 is 5.97 Å². The van der Waals surface area contributed by atoms with E-state index in [9.17, 15) is 4.79 Å². The quantitative estimate of drug-likeness (QED) is 0.184. The van der Waals surface area contributed by atoms with Crippen LogP contribution in [-0.2, 0) is 11.2 Å². The van der Waals surface area contributed by atoms with Gasteiger partial charge in [0, 0.05) is 23.1 Å². The standard InChI is InChI=1S/C33H33NO2/c1-3-4-5-6-26-9-14-28(15-10-26)29-16-22-32(23-17-29)34(30-18-7-25(2)8-19-30)31-20-11-27(12-21-31)13-24-33(35)36/h7-24H,3-6H2,1-2H3,(H,35,36)/b24-13+. The van der Waals surface area contributed by atoms with E-state index in [1.165, 1.54) is 41.5 Å². The summed E-state index contributed by atoms with van der Waals surface area (Å²) in [6.07, 6.45) is 7.67. The van der Waals surface area contributed by atoms with Crippen molar-refractivity contribution in [2.45, 2.75) is 39.5 Å². The first-order chi connectivity index (χ1) is 17.5. The molecule has 0 fully saturated rings. The van der Waals surface area contributed by atoms with Crippen molar-refractivity contribution in [1.82, 2.24) is 0 Å². The largest absolute Gasteiger partial charge is 0.478 e. The molecule has 4 aromatic carbocycles. The van der Waals surface area contributed by atoms with Gasteiger partial charge < -0.3 is 10.0 Å². The number of aliphatic carboxylic acids is 1. The molecule has 0 radical (unpaired) electrons. The third kappa shape index (κ3) is 6.51. The van der Waals surface area contributed by atoms with Crippen LogP contribution in [0.3, 0.4) is 0 Å². The van der Waals surface area contributed by atoms with Gasteiger partial charge in [-0.25, -0.2) is 4.79 Å². The molecule has 0 aliphatic heterocycles. The molecule has 0 amide bonds. The lowest BCUT2D eigenvalue weighted by molar-refractivity contribution is -0.131. The fraction of sp³-hybridized carbons (Fsp3) is 0.182. The summed E-state index contributed by atoms with van der Waals surface area (Å²) in [7, 11) is 0. The zero-order chi connectivity index (χ0) is 25.3. The van der Waals surface area contributed by atoms with Gasteiger partial charge in [-0.15, -0.1) is 0 Å². The number of anilines is 3. The lowest BCUT2D eigenvalue weighted by Gasteiger charge is -2.26. The predicted octanol–water partition coefficient (Wildman–Crippen LogP) is 8.96. The van der Waals surface area contributed by atoms with Gasteiger partial charge in [-0.2, -0.15) is 0 Å². The Balaban J connectivity index is 1.60. The zero-order valence-corrected chi connectivity index (χ0v) is 21.0. The highest BCUT2D eigenvalue weighted by Crippen LogP contribution is 2.36. The number of carboxylic acid groups (broad SMARTS) is 1. The number of aryl methyl sites for hydroxylation is 2. The average molecular weight is 476 g/mol. The van der Waals surface area contributed by atoms with Crippen LogP contribution in [0.15, 0.2) is 103 Å². The van der Waals surface area contributed by atoms with Crippen LogP contribution in [0.4, 0.5) is 17.1 Å². The molecular weight excluding hydrogens is 442 g/mol. The highest BCUT2D eigenvalue weighted by molar-refractivity contribution is 5.85. The molecule has 0 unspecified atom stereocenters. The number of hydrogen-bond donors (Lipinski definition) is 1.